The molecule has 1 atom stereocenters. The van der Waals surface area contributed by atoms with E-state index in [1.165, 1.54) is 12.0 Å². The topological polar surface area (TPSA) is 29.5 Å². The number of methoxy groups -OCH3 is 1. The molecule has 3 nitrogen and oxygen atoms in total. The maximum atomic E-state index is 13.5. The minimum Gasteiger partial charge on any atom is -0.496 e. The quantitative estimate of drug-likeness (QED) is 0.522. The number of carbonyl (C=O) groups is 1. The molecule has 0 bridgehead atoms. The maximum absolute atomic E-state index is 13.5. The SMILES string of the molecule is COc1ccccc1/C=C1\CCC(CCN(C)C)(C2=CCCC2)C1=O.Cl. The van der Waals surface area contributed by atoms with E-state index < -0.39 is 0 Å². The van der Waals surface area contributed by atoms with Crippen LogP contribution < -0.4 is 4.74 Å². The van der Waals surface area contributed by atoms with Crippen molar-refractivity contribution in [2.24, 2.45) is 5.41 Å². The Labute approximate surface area is 163 Å². The van der Waals surface area contributed by atoms with Crippen LogP contribution in [0.5, 0.6) is 5.75 Å². The predicted octanol–water partition coefficient (Wildman–Crippen LogP) is 4.91. The number of ether oxygens (including phenoxy) is 1. The van der Waals surface area contributed by atoms with Crippen molar-refractivity contribution in [3.63, 3.8) is 0 Å². The number of ketones is 1. The first-order chi connectivity index (χ1) is 12.1. The summed E-state index contributed by atoms with van der Waals surface area (Å²) in [7, 11) is 5.85. The average molecular weight is 376 g/mol. The third-order valence-corrected chi connectivity index (χ3v) is 5.66. The largest absolute Gasteiger partial charge is 0.496 e. The number of allylic oxidation sites excluding steroid dienone is 3. The normalized spacial score (nSPS) is 24.1. The Hall–Kier alpha value is -1.58. The molecular formula is C22H30ClNO2. The molecule has 0 aromatic heterocycles. The van der Waals surface area contributed by atoms with Crippen LogP contribution in [0.1, 0.15) is 44.1 Å². The van der Waals surface area contributed by atoms with Crippen LogP contribution in [0.3, 0.4) is 0 Å². The molecule has 0 spiro atoms. The van der Waals surface area contributed by atoms with Crippen molar-refractivity contribution in [3.05, 3.63) is 47.1 Å². The van der Waals surface area contributed by atoms with Crippen LogP contribution in [0, 0.1) is 5.41 Å². The molecule has 1 fully saturated rings. The van der Waals surface area contributed by atoms with E-state index >= 15 is 0 Å². The van der Waals surface area contributed by atoms with Gasteiger partial charge in [-0.2, -0.15) is 0 Å². The van der Waals surface area contributed by atoms with E-state index in [1.807, 2.05) is 30.3 Å². The molecule has 0 amide bonds. The lowest BCUT2D eigenvalue weighted by atomic mass is 9.74. The number of benzene rings is 1. The molecule has 2 aliphatic carbocycles. The average Bonchev–Trinajstić information content (AvgIpc) is 3.24. The monoisotopic (exact) mass is 375 g/mol. The van der Waals surface area contributed by atoms with Crippen LogP contribution in [0.2, 0.25) is 0 Å². The molecule has 26 heavy (non-hydrogen) atoms. The Morgan fingerprint density at radius 3 is 2.65 bits per heavy atom. The molecule has 0 N–H and O–H groups in total. The second-order valence-electron chi connectivity index (χ2n) is 7.50. The van der Waals surface area contributed by atoms with Crippen LogP contribution in [0.15, 0.2) is 41.5 Å². The Kier molecular flexibility index (Phi) is 7.08. The number of Topliss-reactive ketones (excluding diaryl/α,β-unsaturated/α-hetero) is 1. The molecule has 142 valence electrons. The highest BCUT2D eigenvalue weighted by molar-refractivity contribution is 6.07. The zero-order chi connectivity index (χ0) is 17.9. The molecule has 3 rings (SSSR count). The summed E-state index contributed by atoms with van der Waals surface area (Å²) in [6.07, 6.45) is 10.5. The van der Waals surface area contributed by atoms with E-state index in [1.54, 1.807) is 7.11 Å². The fraction of sp³-hybridized carbons (Fsp3) is 0.500. The number of hydrogen-bond acceptors (Lipinski definition) is 3. The van der Waals surface area contributed by atoms with Crippen LogP contribution in [0.4, 0.5) is 0 Å². The third-order valence-electron chi connectivity index (χ3n) is 5.66. The summed E-state index contributed by atoms with van der Waals surface area (Å²) < 4.78 is 5.45. The molecule has 1 unspecified atom stereocenters. The van der Waals surface area contributed by atoms with Gasteiger partial charge in [-0.15, -0.1) is 12.4 Å². The van der Waals surface area contributed by atoms with Gasteiger partial charge < -0.3 is 9.64 Å². The van der Waals surface area contributed by atoms with Gasteiger partial charge in [-0.1, -0.05) is 29.8 Å². The molecule has 1 aromatic rings. The third kappa shape index (κ3) is 4.05. The number of hydrogen-bond donors (Lipinski definition) is 0. The van der Waals surface area contributed by atoms with Gasteiger partial charge in [-0.05, 0) is 76.9 Å². The summed E-state index contributed by atoms with van der Waals surface area (Å²) in [5.74, 6) is 1.17. The van der Waals surface area contributed by atoms with Crippen LogP contribution in [0.25, 0.3) is 6.08 Å². The minimum atomic E-state index is -0.269. The number of nitrogens with zero attached hydrogens (tertiary/aromatic N) is 1. The fourth-order valence-corrected chi connectivity index (χ4v) is 4.22. The fourth-order valence-electron chi connectivity index (χ4n) is 4.22. The molecule has 1 saturated carbocycles. The van der Waals surface area contributed by atoms with Crippen molar-refractivity contribution in [2.75, 3.05) is 27.7 Å². The predicted molar refractivity (Wildman–Crippen MR) is 110 cm³/mol. The van der Waals surface area contributed by atoms with E-state index in [9.17, 15) is 4.79 Å². The van der Waals surface area contributed by atoms with Crippen molar-refractivity contribution in [2.45, 2.75) is 38.5 Å². The van der Waals surface area contributed by atoms with Gasteiger partial charge in [0.1, 0.15) is 5.75 Å². The van der Waals surface area contributed by atoms with Crippen molar-refractivity contribution in [3.8, 4) is 5.75 Å². The Morgan fingerprint density at radius 1 is 1.23 bits per heavy atom. The first kappa shape index (κ1) is 20.7. The summed E-state index contributed by atoms with van der Waals surface area (Å²) in [6.45, 7) is 0.949. The van der Waals surface area contributed by atoms with Gasteiger partial charge in [0.05, 0.1) is 12.5 Å². The van der Waals surface area contributed by atoms with Crippen molar-refractivity contribution in [1.29, 1.82) is 0 Å². The molecular weight excluding hydrogens is 346 g/mol. The molecule has 0 radical (unpaired) electrons. The van der Waals surface area contributed by atoms with Gasteiger partial charge in [0.15, 0.2) is 5.78 Å². The Bertz CT molecular complexity index is 708. The first-order valence-corrected chi connectivity index (χ1v) is 9.29. The van der Waals surface area contributed by atoms with E-state index in [2.05, 4.69) is 25.1 Å². The van der Waals surface area contributed by atoms with Gasteiger partial charge in [0.2, 0.25) is 0 Å². The van der Waals surface area contributed by atoms with E-state index in [4.69, 9.17) is 4.74 Å². The molecule has 0 aliphatic heterocycles. The standard InChI is InChI=1S/C22H29NO2.ClH/c1-23(2)15-14-22(19-9-5-6-10-19)13-12-18(21(22)24)16-17-8-4-7-11-20(17)25-3;/h4,7-9,11,16H,5-6,10,12-15H2,1-3H3;1H/b18-16+;. The number of rotatable bonds is 6. The first-order valence-electron chi connectivity index (χ1n) is 9.29. The van der Waals surface area contributed by atoms with E-state index in [0.29, 0.717) is 5.78 Å². The zero-order valence-corrected chi connectivity index (χ0v) is 16.9. The molecule has 0 heterocycles. The Balaban J connectivity index is 0.00000243. The highest BCUT2D eigenvalue weighted by Crippen LogP contribution is 2.50. The van der Waals surface area contributed by atoms with Crippen molar-refractivity contribution in [1.82, 2.24) is 4.90 Å². The van der Waals surface area contributed by atoms with Gasteiger partial charge in [0.25, 0.3) is 0 Å². The van der Waals surface area contributed by atoms with Crippen molar-refractivity contribution < 1.29 is 9.53 Å². The summed E-state index contributed by atoms with van der Waals surface area (Å²) in [5.41, 5.74) is 3.07. The van der Waals surface area contributed by atoms with Gasteiger partial charge in [-0.3, -0.25) is 4.79 Å². The summed E-state index contributed by atoms with van der Waals surface area (Å²) in [4.78, 5) is 15.6. The summed E-state index contributed by atoms with van der Waals surface area (Å²) in [6, 6.07) is 7.92. The van der Waals surface area contributed by atoms with Crippen LogP contribution in [-0.2, 0) is 4.79 Å². The van der Waals surface area contributed by atoms with Crippen LogP contribution >= 0.6 is 12.4 Å². The van der Waals surface area contributed by atoms with Gasteiger partial charge in [-0.25, -0.2) is 0 Å². The van der Waals surface area contributed by atoms with E-state index in [0.717, 1.165) is 55.5 Å². The Morgan fingerprint density at radius 2 is 2.00 bits per heavy atom. The van der Waals surface area contributed by atoms with E-state index in [-0.39, 0.29) is 17.8 Å². The smallest absolute Gasteiger partial charge is 0.169 e. The number of para-hydroxylation sites is 1. The second-order valence-corrected chi connectivity index (χ2v) is 7.50. The van der Waals surface area contributed by atoms with Gasteiger partial charge >= 0.3 is 0 Å². The molecule has 4 heteroatoms. The lowest BCUT2D eigenvalue weighted by molar-refractivity contribution is -0.121. The molecule has 0 saturated heterocycles. The minimum absolute atomic E-state index is 0. The van der Waals surface area contributed by atoms with Gasteiger partial charge in [0, 0.05) is 5.56 Å². The number of halogens is 1. The summed E-state index contributed by atoms with van der Waals surface area (Å²) >= 11 is 0. The lowest BCUT2D eigenvalue weighted by Crippen LogP contribution is -2.32. The number of carbonyl (C=O) groups excluding carboxylic acids is 1. The summed E-state index contributed by atoms with van der Waals surface area (Å²) in [5, 5.41) is 0. The highest BCUT2D eigenvalue weighted by atomic mass is 35.5. The highest BCUT2D eigenvalue weighted by Gasteiger charge is 2.47. The van der Waals surface area contributed by atoms with Crippen LogP contribution in [-0.4, -0.2) is 38.4 Å². The maximum Gasteiger partial charge on any atom is 0.169 e. The molecule has 2 aliphatic rings. The lowest BCUT2D eigenvalue weighted by Gasteiger charge is -2.30. The second kappa shape index (κ2) is 8.88. The van der Waals surface area contributed by atoms with Crippen molar-refractivity contribution >= 4 is 24.3 Å². The molecule has 1 aromatic carbocycles. The zero-order valence-electron chi connectivity index (χ0n) is 16.1.